The Morgan fingerprint density at radius 1 is 0.955 bits per heavy atom. The zero-order valence-corrected chi connectivity index (χ0v) is 12.8. The van der Waals surface area contributed by atoms with Crippen molar-refractivity contribution < 1.29 is 14.3 Å². The van der Waals surface area contributed by atoms with Gasteiger partial charge >= 0.3 is 5.97 Å². The van der Waals surface area contributed by atoms with Crippen LogP contribution in [0, 0.1) is 23.2 Å². The molecule has 5 rings (SSSR count). The average molecular weight is 298 g/mol. The fourth-order valence-corrected chi connectivity index (χ4v) is 5.39. The summed E-state index contributed by atoms with van der Waals surface area (Å²) in [5, 5.41) is 0. The van der Waals surface area contributed by atoms with E-state index in [2.05, 4.69) is 0 Å². The van der Waals surface area contributed by atoms with E-state index >= 15 is 0 Å². The van der Waals surface area contributed by atoms with Crippen LogP contribution < -0.4 is 0 Å². The van der Waals surface area contributed by atoms with E-state index in [9.17, 15) is 9.59 Å². The highest BCUT2D eigenvalue weighted by Crippen LogP contribution is 2.60. The fourth-order valence-electron chi connectivity index (χ4n) is 5.39. The Labute approximate surface area is 131 Å². The predicted molar refractivity (Wildman–Crippen MR) is 82.3 cm³/mol. The van der Waals surface area contributed by atoms with Crippen LogP contribution in [0.3, 0.4) is 0 Å². The van der Waals surface area contributed by atoms with Crippen molar-refractivity contribution in [3.8, 4) is 0 Å². The number of carbonyl (C=O) groups excluding carboxylic acids is 2. The molecule has 0 heterocycles. The van der Waals surface area contributed by atoms with Crippen LogP contribution in [0.5, 0.6) is 0 Å². The molecule has 0 aromatic heterocycles. The molecule has 0 amide bonds. The maximum absolute atomic E-state index is 12.8. The number of benzene rings is 1. The smallest absolute Gasteiger partial charge is 0.338 e. The molecule has 4 aliphatic rings. The van der Waals surface area contributed by atoms with Crippen molar-refractivity contribution >= 4 is 11.8 Å². The quantitative estimate of drug-likeness (QED) is 0.797. The van der Waals surface area contributed by atoms with E-state index in [1.807, 2.05) is 6.07 Å². The number of esters is 1. The molecule has 1 aromatic carbocycles. The zero-order chi connectivity index (χ0) is 15.2. The van der Waals surface area contributed by atoms with Gasteiger partial charge in [0.25, 0.3) is 0 Å². The van der Waals surface area contributed by atoms with Crippen LogP contribution in [0.2, 0.25) is 0 Å². The lowest BCUT2D eigenvalue weighted by Crippen LogP contribution is -2.51. The number of carbonyl (C=O) groups is 2. The van der Waals surface area contributed by atoms with Crippen LogP contribution in [0.15, 0.2) is 30.3 Å². The second-order valence-corrected chi connectivity index (χ2v) is 7.56. The van der Waals surface area contributed by atoms with Crippen molar-refractivity contribution in [3.63, 3.8) is 0 Å². The molecule has 0 N–H and O–H groups in total. The standard InChI is InChI=1S/C19H22O3/c20-17(12-22-18(21)16-4-2-1-3-5-16)19-9-13-6-14(10-19)8-15(7-13)11-19/h1-5,13-15H,6-12H2. The summed E-state index contributed by atoms with van der Waals surface area (Å²) in [5.74, 6) is 1.98. The number of ether oxygens (including phenoxy) is 1. The largest absolute Gasteiger partial charge is 0.454 e. The summed E-state index contributed by atoms with van der Waals surface area (Å²) < 4.78 is 5.29. The van der Waals surface area contributed by atoms with Crippen LogP contribution in [0.4, 0.5) is 0 Å². The van der Waals surface area contributed by atoms with Crippen LogP contribution >= 0.6 is 0 Å². The summed E-state index contributed by atoms with van der Waals surface area (Å²) in [4.78, 5) is 24.8. The minimum Gasteiger partial charge on any atom is -0.454 e. The van der Waals surface area contributed by atoms with Gasteiger partial charge in [0.15, 0.2) is 12.4 Å². The van der Waals surface area contributed by atoms with Gasteiger partial charge in [-0.2, -0.15) is 0 Å². The highest BCUT2D eigenvalue weighted by Gasteiger charge is 2.54. The topological polar surface area (TPSA) is 43.4 Å². The molecule has 4 fully saturated rings. The summed E-state index contributed by atoms with van der Waals surface area (Å²) in [7, 11) is 0. The number of rotatable bonds is 4. The van der Waals surface area contributed by atoms with Crippen molar-refractivity contribution in [3.05, 3.63) is 35.9 Å². The lowest BCUT2D eigenvalue weighted by atomic mass is 9.48. The van der Waals surface area contributed by atoms with Crippen molar-refractivity contribution in [1.82, 2.24) is 0 Å². The summed E-state index contributed by atoms with van der Waals surface area (Å²) in [6, 6.07) is 8.90. The lowest BCUT2D eigenvalue weighted by Gasteiger charge is -2.55. The molecule has 0 atom stereocenters. The molecule has 0 radical (unpaired) electrons. The van der Waals surface area contributed by atoms with E-state index in [1.54, 1.807) is 24.3 Å². The predicted octanol–water partition coefficient (Wildman–Crippen LogP) is 3.63. The molecule has 4 aliphatic carbocycles. The molecule has 0 spiro atoms. The second-order valence-electron chi connectivity index (χ2n) is 7.56. The molecule has 0 unspecified atom stereocenters. The van der Waals surface area contributed by atoms with Gasteiger partial charge in [-0.15, -0.1) is 0 Å². The van der Waals surface area contributed by atoms with E-state index in [0.29, 0.717) is 5.56 Å². The van der Waals surface area contributed by atoms with Gasteiger partial charge in [0.2, 0.25) is 0 Å². The maximum Gasteiger partial charge on any atom is 0.338 e. The molecule has 4 saturated carbocycles. The molecule has 0 saturated heterocycles. The van der Waals surface area contributed by atoms with E-state index in [-0.39, 0.29) is 17.8 Å². The maximum atomic E-state index is 12.8. The summed E-state index contributed by atoms with van der Waals surface area (Å²) in [5.41, 5.74) is 0.340. The minimum atomic E-state index is -0.390. The molecule has 3 nitrogen and oxygen atoms in total. The number of hydrogen-bond acceptors (Lipinski definition) is 3. The van der Waals surface area contributed by atoms with Crippen LogP contribution in [0.25, 0.3) is 0 Å². The van der Waals surface area contributed by atoms with Crippen LogP contribution in [-0.4, -0.2) is 18.4 Å². The molecule has 0 aliphatic heterocycles. The molecular weight excluding hydrogens is 276 g/mol. The summed E-state index contributed by atoms with van der Waals surface area (Å²) in [6.07, 6.45) is 7.03. The Morgan fingerprint density at radius 3 is 2.05 bits per heavy atom. The van der Waals surface area contributed by atoms with E-state index in [1.165, 1.54) is 19.3 Å². The highest BCUT2D eigenvalue weighted by molar-refractivity contribution is 5.93. The molecule has 3 heteroatoms. The number of Topliss-reactive ketones (excluding diaryl/α,β-unsaturated/α-hetero) is 1. The van der Waals surface area contributed by atoms with Gasteiger partial charge in [-0.25, -0.2) is 4.79 Å². The Balaban J connectivity index is 1.41. The summed E-state index contributed by atoms with van der Waals surface area (Å²) in [6.45, 7) is -0.0557. The van der Waals surface area contributed by atoms with Crippen molar-refractivity contribution in [2.24, 2.45) is 23.2 Å². The van der Waals surface area contributed by atoms with E-state index in [0.717, 1.165) is 37.0 Å². The third-order valence-electron chi connectivity index (χ3n) is 5.97. The molecule has 4 bridgehead atoms. The summed E-state index contributed by atoms with van der Waals surface area (Å²) >= 11 is 0. The van der Waals surface area contributed by atoms with Gasteiger partial charge in [0.05, 0.1) is 5.56 Å². The first kappa shape index (κ1) is 14.0. The van der Waals surface area contributed by atoms with Crippen molar-refractivity contribution in [2.75, 3.05) is 6.61 Å². The van der Waals surface area contributed by atoms with Gasteiger partial charge < -0.3 is 4.74 Å². The van der Waals surface area contributed by atoms with Crippen LogP contribution in [-0.2, 0) is 9.53 Å². The van der Waals surface area contributed by atoms with Crippen LogP contribution in [0.1, 0.15) is 48.9 Å². The molecule has 1 aromatic rings. The van der Waals surface area contributed by atoms with E-state index in [4.69, 9.17) is 4.74 Å². The number of hydrogen-bond donors (Lipinski definition) is 0. The Kier molecular flexibility index (Phi) is 3.32. The Morgan fingerprint density at radius 2 is 1.50 bits per heavy atom. The first-order valence-corrected chi connectivity index (χ1v) is 8.40. The van der Waals surface area contributed by atoms with Gasteiger partial charge in [0, 0.05) is 5.41 Å². The van der Waals surface area contributed by atoms with Crippen molar-refractivity contribution in [2.45, 2.75) is 38.5 Å². The van der Waals surface area contributed by atoms with Gasteiger partial charge in [-0.1, -0.05) is 18.2 Å². The molecule has 116 valence electrons. The third-order valence-corrected chi connectivity index (χ3v) is 5.97. The first-order chi connectivity index (χ1) is 10.6. The molecular formula is C19H22O3. The highest BCUT2D eigenvalue weighted by atomic mass is 16.5. The normalized spacial score (nSPS) is 35.4. The Bertz CT molecular complexity index is 555. The third kappa shape index (κ3) is 2.37. The molecule has 22 heavy (non-hydrogen) atoms. The van der Waals surface area contributed by atoms with Gasteiger partial charge in [-0.3, -0.25) is 4.79 Å². The van der Waals surface area contributed by atoms with Crippen molar-refractivity contribution in [1.29, 1.82) is 0 Å². The second kappa shape index (κ2) is 5.22. The zero-order valence-electron chi connectivity index (χ0n) is 12.8. The lowest BCUT2D eigenvalue weighted by molar-refractivity contribution is -0.147. The Hall–Kier alpha value is -1.64. The van der Waals surface area contributed by atoms with Gasteiger partial charge in [0.1, 0.15) is 0 Å². The fraction of sp³-hybridized carbons (Fsp3) is 0.579. The van der Waals surface area contributed by atoms with Gasteiger partial charge in [-0.05, 0) is 68.4 Å². The SMILES string of the molecule is O=C(OCC(=O)C12CC3CC(CC(C3)C1)C2)c1ccccc1. The monoisotopic (exact) mass is 298 g/mol. The average Bonchev–Trinajstić information content (AvgIpc) is 2.51. The first-order valence-electron chi connectivity index (χ1n) is 8.40. The minimum absolute atomic E-state index is 0.0557. The van der Waals surface area contributed by atoms with E-state index < -0.39 is 5.97 Å². The number of ketones is 1.